The summed E-state index contributed by atoms with van der Waals surface area (Å²) in [6.45, 7) is 1.75. The number of rotatable bonds is 3. The zero-order valence-electron chi connectivity index (χ0n) is 6.46. The molecule has 0 bridgehead atoms. The van der Waals surface area contributed by atoms with Crippen molar-refractivity contribution in [2.24, 2.45) is 5.16 Å². The third kappa shape index (κ3) is 3.19. The molecule has 0 aliphatic carbocycles. The predicted molar refractivity (Wildman–Crippen MR) is 38.5 cm³/mol. The molecule has 0 aliphatic heterocycles. The second-order valence-corrected chi connectivity index (χ2v) is 2.34. The van der Waals surface area contributed by atoms with Crippen LogP contribution in [0.3, 0.4) is 0 Å². The molecule has 0 saturated carbocycles. The van der Waals surface area contributed by atoms with Crippen molar-refractivity contribution >= 4 is 11.5 Å². The first-order valence-corrected chi connectivity index (χ1v) is 2.94. The van der Waals surface area contributed by atoms with E-state index in [0.29, 0.717) is 6.54 Å². The molecule has 0 heterocycles. The Labute approximate surface area is 60.1 Å². The molecule has 0 fully saturated rings. The molecule has 4 nitrogen and oxygen atoms in total. The SMILES string of the molecule is CC(=O)/C(CN(C)C)=N/O. The second kappa shape index (κ2) is 4.00. The lowest BCUT2D eigenvalue weighted by Gasteiger charge is -2.07. The number of Topliss-reactive ketones (excluding diaryl/α,β-unsaturated/α-hetero) is 1. The Morgan fingerprint density at radius 1 is 1.60 bits per heavy atom. The van der Waals surface area contributed by atoms with Crippen molar-refractivity contribution in [3.05, 3.63) is 0 Å². The molecule has 0 atom stereocenters. The van der Waals surface area contributed by atoms with Gasteiger partial charge >= 0.3 is 0 Å². The van der Waals surface area contributed by atoms with Gasteiger partial charge in [0, 0.05) is 13.5 Å². The van der Waals surface area contributed by atoms with Crippen LogP contribution < -0.4 is 0 Å². The van der Waals surface area contributed by atoms with E-state index in [4.69, 9.17) is 5.21 Å². The minimum absolute atomic E-state index is 0.185. The average molecular weight is 144 g/mol. The maximum atomic E-state index is 10.6. The van der Waals surface area contributed by atoms with Crippen molar-refractivity contribution in [2.45, 2.75) is 6.92 Å². The van der Waals surface area contributed by atoms with E-state index < -0.39 is 0 Å². The van der Waals surface area contributed by atoms with Crippen LogP contribution in [0, 0.1) is 0 Å². The Morgan fingerprint density at radius 2 is 2.10 bits per heavy atom. The molecule has 0 aromatic heterocycles. The molecule has 1 N–H and O–H groups in total. The molecule has 0 rings (SSSR count). The minimum atomic E-state index is -0.198. The van der Waals surface area contributed by atoms with Crippen LogP contribution in [0.2, 0.25) is 0 Å². The maximum absolute atomic E-state index is 10.6. The van der Waals surface area contributed by atoms with Crippen LogP contribution in [0.15, 0.2) is 5.16 Å². The number of hydrogen-bond donors (Lipinski definition) is 1. The predicted octanol–water partition coefficient (Wildman–Crippen LogP) is -0.0328. The van der Waals surface area contributed by atoms with Crippen LogP contribution in [0.1, 0.15) is 6.92 Å². The minimum Gasteiger partial charge on any atom is -0.411 e. The van der Waals surface area contributed by atoms with Crippen LogP contribution in [-0.4, -0.2) is 42.2 Å². The molecular weight excluding hydrogens is 132 g/mol. The summed E-state index contributed by atoms with van der Waals surface area (Å²) in [4.78, 5) is 12.4. The number of ketones is 1. The molecular formula is C6H12N2O2. The quantitative estimate of drug-likeness (QED) is 0.344. The molecule has 0 radical (unpaired) electrons. The lowest BCUT2D eigenvalue weighted by Crippen LogP contribution is -2.26. The average Bonchev–Trinajstić information content (AvgIpc) is 1.81. The highest BCUT2D eigenvalue weighted by Gasteiger charge is 2.06. The maximum Gasteiger partial charge on any atom is 0.178 e. The van der Waals surface area contributed by atoms with E-state index in [-0.39, 0.29) is 11.5 Å². The summed E-state index contributed by atoms with van der Waals surface area (Å²) in [5.41, 5.74) is 0.185. The summed E-state index contributed by atoms with van der Waals surface area (Å²) < 4.78 is 0. The van der Waals surface area contributed by atoms with Gasteiger partial charge < -0.3 is 10.1 Å². The van der Waals surface area contributed by atoms with Gasteiger partial charge in [-0.1, -0.05) is 5.16 Å². The first-order chi connectivity index (χ1) is 4.57. The van der Waals surface area contributed by atoms with E-state index in [1.165, 1.54) is 6.92 Å². The van der Waals surface area contributed by atoms with E-state index >= 15 is 0 Å². The van der Waals surface area contributed by atoms with Gasteiger partial charge in [0.1, 0.15) is 5.71 Å². The summed E-state index contributed by atoms with van der Waals surface area (Å²) in [6, 6.07) is 0. The Hall–Kier alpha value is -0.900. The summed E-state index contributed by atoms with van der Waals surface area (Å²) in [7, 11) is 3.60. The third-order valence-electron chi connectivity index (χ3n) is 0.993. The molecule has 0 amide bonds. The van der Waals surface area contributed by atoms with Crippen LogP contribution in [0.5, 0.6) is 0 Å². The van der Waals surface area contributed by atoms with Crippen molar-refractivity contribution in [3.63, 3.8) is 0 Å². The molecule has 0 spiro atoms. The molecule has 10 heavy (non-hydrogen) atoms. The van der Waals surface area contributed by atoms with Crippen molar-refractivity contribution in [2.75, 3.05) is 20.6 Å². The summed E-state index contributed by atoms with van der Waals surface area (Å²) >= 11 is 0. The molecule has 0 aliphatic rings. The van der Waals surface area contributed by atoms with Gasteiger partial charge in [-0.25, -0.2) is 0 Å². The summed E-state index contributed by atoms with van der Waals surface area (Å²) in [6.07, 6.45) is 0. The standard InChI is InChI=1S/C6H12N2O2/c1-5(9)6(7-10)4-8(2)3/h10H,4H2,1-3H3/b7-6+. The van der Waals surface area contributed by atoms with E-state index in [0.717, 1.165) is 0 Å². The van der Waals surface area contributed by atoms with Crippen molar-refractivity contribution in [1.29, 1.82) is 0 Å². The van der Waals surface area contributed by atoms with Gasteiger partial charge in [-0.05, 0) is 14.1 Å². The second-order valence-electron chi connectivity index (χ2n) is 2.34. The van der Waals surface area contributed by atoms with E-state index in [1.54, 1.807) is 19.0 Å². The number of carbonyl (C=O) groups is 1. The number of hydrogen-bond acceptors (Lipinski definition) is 4. The van der Waals surface area contributed by atoms with Gasteiger partial charge in [-0.15, -0.1) is 0 Å². The Balaban J connectivity index is 3.99. The van der Waals surface area contributed by atoms with Gasteiger partial charge in [-0.2, -0.15) is 0 Å². The van der Waals surface area contributed by atoms with Gasteiger partial charge in [0.2, 0.25) is 0 Å². The van der Waals surface area contributed by atoms with Crippen LogP contribution >= 0.6 is 0 Å². The normalized spacial score (nSPS) is 12.2. The highest BCUT2D eigenvalue weighted by Crippen LogP contribution is 1.83. The molecule has 4 heteroatoms. The fourth-order valence-electron chi connectivity index (χ4n) is 0.513. The topological polar surface area (TPSA) is 52.9 Å². The highest BCUT2D eigenvalue weighted by molar-refractivity contribution is 6.39. The molecule has 58 valence electrons. The zero-order chi connectivity index (χ0) is 8.15. The van der Waals surface area contributed by atoms with Crippen LogP contribution in [0.4, 0.5) is 0 Å². The van der Waals surface area contributed by atoms with Crippen molar-refractivity contribution < 1.29 is 10.0 Å². The lowest BCUT2D eigenvalue weighted by atomic mass is 10.2. The third-order valence-corrected chi connectivity index (χ3v) is 0.993. The smallest absolute Gasteiger partial charge is 0.178 e. The van der Waals surface area contributed by atoms with Gasteiger partial charge in [-0.3, -0.25) is 4.79 Å². The van der Waals surface area contributed by atoms with Crippen molar-refractivity contribution in [1.82, 2.24) is 4.90 Å². The lowest BCUT2D eigenvalue weighted by molar-refractivity contribution is -0.111. The van der Waals surface area contributed by atoms with E-state index in [1.807, 2.05) is 0 Å². The number of carbonyl (C=O) groups excluding carboxylic acids is 1. The first-order valence-electron chi connectivity index (χ1n) is 2.94. The molecule has 0 saturated heterocycles. The van der Waals surface area contributed by atoms with E-state index in [2.05, 4.69) is 5.16 Å². The van der Waals surface area contributed by atoms with E-state index in [9.17, 15) is 4.79 Å². The largest absolute Gasteiger partial charge is 0.411 e. The van der Waals surface area contributed by atoms with Gasteiger partial charge in [0.05, 0.1) is 0 Å². The first kappa shape index (κ1) is 9.10. The van der Waals surface area contributed by atoms with Gasteiger partial charge in [0.15, 0.2) is 5.78 Å². The highest BCUT2D eigenvalue weighted by atomic mass is 16.4. The monoisotopic (exact) mass is 144 g/mol. The Kier molecular flexibility index (Phi) is 3.64. The fourth-order valence-corrected chi connectivity index (χ4v) is 0.513. The van der Waals surface area contributed by atoms with Crippen LogP contribution in [-0.2, 0) is 4.79 Å². The van der Waals surface area contributed by atoms with Crippen LogP contribution in [0.25, 0.3) is 0 Å². The summed E-state index contributed by atoms with van der Waals surface area (Å²) in [5.74, 6) is -0.198. The Bertz CT molecular complexity index is 152. The summed E-state index contributed by atoms with van der Waals surface area (Å²) in [5, 5.41) is 11.1. The number of nitrogens with zero attached hydrogens (tertiary/aromatic N) is 2. The molecule has 0 unspecified atom stereocenters. The zero-order valence-corrected chi connectivity index (χ0v) is 6.46. The molecule has 0 aromatic rings. The Morgan fingerprint density at radius 3 is 2.20 bits per heavy atom. The van der Waals surface area contributed by atoms with Crippen molar-refractivity contribution in [3.8, 4) is 0 Å². The fraction of sp³-hybridized carbons (Fsp3) is 0.667. The van der Waals surface area contributed by atoms with Gasteiger partial charge in [0.25, 0.3) is 0 Å². The molecule has 0 aromatic carbocycles. The number of oxime groups is 1.